The van der Waals surface area contributed by atoms with E-state index in [9.17, 15) is 18.0 Å². The number of oxime groups is 1. The summed E-state index contributed by atoms with van der Waals surface area (Å²) in [4.78, 5) is 17.6. The molecular formula is C26H24F3N5O3. The van der Waals surface area contributed by atoms with Crippen molar-refractivity contribution in [2.75, 3.05) is 0 Å². The van der Waals surface area contributed by atoms with Gasteiger partial charge in [0.2, 0.25) is 0 Å². The largest absolute Gasteiger partial charge is 0.489 e. The molecule has 0 fully saturated rings. The summed E-state index contributed by atoms with van der Waals surface area (Å²) in [5.41, 5.74) is 2.27. The molecule has 0 spiro atoms. The zero-order valence-corrected chi connectivity index (χ0v) is 20.4. The lowest BCUT2D eigenvalue weighted by Crippen LogP contribution is -2.23. The summed E-state index contributed by atoms with van der Waals surface area (Å²) in [5, 5.41) is 11.7. The number of ether oxygens (including phenoxy) is 1. The molecule has 4 rings (SSSR count). The van der Waals surface area contributed by atoms with Crippen LogP contribution in [0.4, 0.5) is 13.2 Å². The van der Waals surface area contributed by atoms with E-state index in [1.807, 2.05) is 19.1 Å². The minimum atomic E-state index is -4.47. The number of tetrazole rings is 1. The first-order valence-corrected chi connectivity index (χ1v) is 11.3. The van der Waals surface area contributed by atoms with Crippen molar-refractivity contribution in [1.29, 1.82) is 0 Å². The van der Waals surface area contributed by atoms with E-state index in [0.29, 0.717) is 22.7 Å². The number of hydrogen-bond acceptors (Lipinski definition) is 6. The Morgan fingerprint density at radius 2 is 1.76 bits per heavy atom. The molecule has 0 saturated carbocycles. The summed E-state index contributed by atoms with van der Waals surface area (Å²) in [7, 11) is 1.52. The average molecular weight is 512 g/mol. The smallest absolute Gasteiger partial charge is 0.416 e. The third kappa shape index (κ3) is 5.88. The van der Waals surface area contributed by atoms with Gasteiger partial charge in [0, 0.05) is 23.7 Å². The topological polar surface area (TPSA) is 83.5 Å². The summed E-state index contributed by atoms with van der Waals surface area (Å²) in [6.07, 6.45) is -4.47. The Morgan fingerprint density at radius 1 is 1.00 bits per heavy atom. The van der Waals surface area contributed by atoms with Crippen LogP contribution in [0, 0.1) is 6.92 Å². The average Bonchev–Trinajstić information content (AvgIpc) is 3.20. The number of benzene rings is 3. The van der Waals surface area contributed by atoms with Gasteiger partial charge in [0.05, 0.1) is 17.0 Å². The maximum Gasteiger partial charge on any atom is 0.416 e. The SMILES string of the molecule is C/C(=N/OCc1ccccc1C(F)(F)F)c1cccc(OCc2c(C)cccc2-n2nnn(C)c2=O)c1. The fourth-order valence-electron chi connectivity index (χ4n) is 3.68. The van der Waals surface area contributed by atoms with Crippen molar-refractivity contribution < 1.29 is 22.7 Å². The Kier molecular flexibility index (Phi) is 7.42. The van der Waals surface area contributed by atoms with Crippen LogP contribution in [-0.4, -0.2) is 25.5 Å². The van der Waals surface area contributed by atoms with Crippen LogP contribution in [0.5, 0.6) is 5.75 Å². The highest BCUT2D eigenvalue weighted by atomic mass is 19.4. The Hall–Kier alpha value is -4.41. The van der Waals surface area contributed by atoms with Crippen LogP contribution in [0.3, 0.4) is 0 Å². The number of aryl methyl sites for hydroxylation is 2. The molecule has 0 N–H and O–H groups in total. The quantitative estimate of drug-likeness (QED) is 0.250. The van der Waals surface area contributed by atoms with Gasteiger partial charge in [-0.2, -0.15) is 22.5 Å². The summed E-state index contributed by atoms with van der Waals surface area (Å²) >= 11 is 0. The van der Waals surface area contributed by atoms with E-state index in [1.54, 1.807) is 37.3 Å². The summed E-state index contributed by atoms with van der Waals surface area (Å²) in [6, 6.07) is 17.8. The number of aromatic nitrogens is 4. The van der Waals surface area contributed by atoms with Crippen LogP contribution >= 0.6 is 0 Å². The lowest BCUT2D eigenvalue weighted by Gasteiger charge is -2.13. The van der Waals surface area contributed by atoms with Crippen LogP contribution < -0.4 is 10.4 Å². The molecule has 0 atom stereocenters. The minimum absolute atomic E-state index is 0.000110. The predicted molar refractivity (Wildman–Crippen MR) is 131 cm³/mol. The molecule has 8 nitrogen and oxygen atoms in total. The fraction of sp³-hybridized carbons (Fsp3) is 0.231. The molecule has 11 heteroatoms. The standard InChI is InChI=1S/C26H24F3N5O3/c1-17-8-6-13-24(34-25(35)33(3)31-32-34)22(17)16-36-21-11-7-10-19(14-21)18(2)30-37-15-20-9-4-5-12-23(20)26(27,28)29/h4-14H,15-16H2,1-3H3/b30-18-. The number of alkyl halides is 3. The lowest BCUT2D eigenvalue weighted by atomic mass is 10.1. The van der Waals surface area contributed by atoms with Gasteiger partial charge in [-0.25, -0.2) is 4.79 Å². The van der Waals surface area contributed by atoms with Crippen molar-refractivity contribution >= 4 is 5.71 Å². The van der Waals surface area contributed by atoms with Gasteiger partial charge in [0.1, 0.15) is 19.0 Å². The Morgan fingerprint density at radius 3 is 2.49 bits per heavy atom. The second-order valence-corrected chi connectivity index (χ2v) is 8.29. The zero-order chi connectivity index (χ0) is 26.6. The first-order chi connectivity index (χ1) is 17.6. The molecule has 3 aromatic carbocycles. The van der Waals surface area contributed by atoms with E-state index in [4.69, 9.17) is 9.57 Å². The summed E-state index contributed by atoms with van der Waals surface area (Å²) in [6.45, 7) is 3.44. The van der Waals surface area contributed by atoms with Gasteiger partial charge in [0.25, 0.3) is 0 Å². The monoisotopic (exact) mass is 511 g/mol. The zero-order valence-electron chi connectivity index (χ0n) is 20.4. The second-order valence-electron chi connectivity index (χ2n) is 8.29. The van der Waals surface area contributed by atoms with Crippen molar-refractivity contribution in [2.24, 2.45) is 12.2 Å². The van der Waals surface area contributed by atoms with Crippen LogP contribution in [-0.2, 0) is 31.3 Å². The molecule has 0 aliphatic carbocycles. The molecule has 4 aromatic rings. The number of rotatable bonds is 8. The maximum absolute atomic E-state index is 13.2. The number of hydrogen-bond donors (Lipinski definition) is 0. The highest BCUT2D eigenvalue weighted by molar-refractivity contribution is 5.98. The molecule has 0 aliphatic heterocycles. The first kappa shape index (κ1) is 25.7. The van der Waals surface area contributed by atoms with Gasteiger partial charge in [-0.1, -0.05) is 47.6 Å². The summed E-state index contributed by atoms with van der Waals surface area (Å²) in [5.74, 6) is 0.537. The highest BCUT2D eigenvalue weighted by Crippen LogP contribution is 2.32. The first-order valence-electron chi connectivity index (χ1n) is 11.3. The van der Waals surface area contributed by atoms with Crippen LogP contribution in [0.2, 0.25) is 0 Å². The van der Waals surface area contributed by atoms with E-state index in [0.717, 1.165) is 21.9 Å². The molecule has 192 valence electrons. The predicted octanol–water partition coefficient (Wildman–Crippen LogP) is 4.81. The van der Waals surface area contributed by atoms with Gasteiger partial charge in [-0.05, 0) is 54.1 Å². The Balaban J connectivity index is 1.47. The van der Waals surface area contributed by atoms with Gasteiger partial charge in [-0.3, -0.25) is 0 Å². The Labute approximate surface area is 210 Å². The van der Waals surface area contributed by atoms with Crippen molar-refractivity contribution in [1.82, 2.24) is 19.8 Å². The molecule has 37 heavy (non-hydrogen) atoms. The molecule has 0 radical (unpaired) electrons. The third-order valence-electron chi connectivity index (χ3n) is 5.71. The van der Waals surface area contributed by atoms with Crippen molar-refractivity contribution in [3.8, 4) is 11.4 Å². The number of halogens is 3. The van der Waals surface area contributed by atoms with E-state index in [-0.39, 0.29) is 24.5 Å². The normalized spacial score (nSPS) is 12.0. The molecule has 1 heterocycles. The van der Waals surface area contributed by atoms with Gasteiger partial charge in [-0.15, -0.1) is 0 Å². The van der Waals surface area contributed by atoms with Crippen LogP contribution in [0.15, 0.2) is 76.7 Å². The van der Waals surface area contributed by atoms with Crippen molar-refractivity contribution in [2.45, 2.75) is 33.2 Å². The highest BCUT2D eigenvalue weighted by Gasteiger charge is 2.33. The van der Waals surface area contributed by atoms with Gasteiger partial charge < -0.3 is 9.57 Å². The fourth-order valence-corrected chi connectivity index (χ4v) is 3.68. The molecule has 1 aromatic heterocycles. The van der Waals surface area contributed by atoms with E-state index in [1.165, 1.54) is 29.9 Å². The number of nitrogens with zero attached hydrogens (tertiary/aromatic N) is 5. The Bertz CT molecular complexity index is 1490. The molecular weight excluding hydrogens is 487 g/mol. The third-order valence-corrected chi connectivity index (χ3v) is 5.71. The summed E-state index contributed by atoms with van der Waals surface area (Å²) < 4.78 is 47.9. The molecule has 0 bridgehead atoms. The molecule has 0 aliphatic rings. The van der Waals surface area contributed by atoms with Gasteiger partial charge in [0.15, 0.2) is 0 Å². The van der Waals surface area contributed by atoms with E-state index in [2.05, 4.69) is 15.6 Å². The molecule has 0 amide bonds. The maximum atomic E-state index is 13.2. The molecule has 0 saturated heterocycles. The lowest BCUT2D eigenvalue weighted by molar-refractivity contribution is -0.138. The van der Waals surface area contributed by atoms with Crippen LogP contribution in [0.1, 0.15) is 34.7 Å². The minimum Gasteiger partial charge on any atom is -0.489 e. The van der Waals surface area contributed by atoms with E-state index < -0.39 is 11.7 Å². The van der Waals surface area contributed by atoms with Gasteiger partial charge >= 0.3 is 11.9 Å². The molecule has 0 unspecified atom stereocenters. The van der Waals surface area contributed by atoms with E-state index >= 15 is 0 Å². The van der Waals surface area contributed by atoms with Crippen molar-refractivity contribution in [3.63, 3.8) is 0 Å². The van der Waals surface area contributed by atoms with Crippen molar-refractivity contribution in [3.05, 3.63) is 105 Å². The van der Waals surface area contributed by atoms with Crippen LogP contribution in [0.25, 0.3) is 5.69 Å². The second kappa shape index (κ2) is 10.7.